The van der Waals surface area contributed by atoms with Gasteiger partial charge in [0.25, 0.3) is 0 Å². The summed E-state index contributed by atoms with van der Waals surface area (Å²) in [5.74, 6) is 0. The number of fused-ring (bicyclic) bond motifs is 1. The van der Waals surface area contributed by atoms with Crippen molar-refractivity contribution in [1.82, 2.24) is 0 Å². The molecule has 0 N–H and O–H groups in total. The zero-order valence-electron chi connectivity index (χ0n) is 32.1. The molecule has 0 bridgehead atoms. The van der Waals surface area contributed by atoms with Crippen molar-refractivity contribution in [1.29, 1.82) is 0 Å². The van der Waals surface area contributed by atoms with Gasteiger partial charge in [-0.3, -0.25) is 0 Å². The van der Waals surface area contributed by atoms with Crippen LogP contribution in [0.15, 0.2) is 206 Å². The molecule has 56 heavy (non-hydrogen) atoms. The van der Waals surface area contributed by atoms with Crippen molar-refractivity contribution >= 4 is 40.4 Å². The Labute approximate surface area is 333 Å². The van der Waals surface area contributed by atoms with E-state index in [1.54, 1.807) is 0 Å². The summed E-state index contributed by atoms with van der Waals surface area (Å²) in [6.45, 7) is 2.13. The second-order valence-electron chi connectivity index (χ2n) is 14.5. The van der Waals surface area contributed by atoms with Gasteiger partial charge in [0.15, 0.2) is 0 Å². The van der Waals surface area contributed by atoms with Gasteiger partial charge in [-0.1, -0.05) is 188 Å². The molecule has 0 aromatic heterocycles. The standard InChI is InChI=1S/C55H47N/c1-42-27-33-49(34-28-42)55(48-22-9-4-10-23-48)26-14-16-44-31-38-52(39-32-44)56(53-40-35-45-17-11-12-24-50(45)41-53)51-36-29-43(30-37-51)15-13-25-54(46-18-5-2-6-19-46)47-20-7-3-8-21-47/h2-10,13-16,18-23,25-41H,11-12,17,24H2,1H3/b15-13+,16-14+,55-26+. The van der Waals surface area contributed by atoms with Crippen molar-refractivity contribution in [3.63, 3.8) is 0 Å². The Hall–Kier alpha value is -6.70. The highest BCUT2D eigenvalue weighted by atomic mass is 15.1. The van der Waals surface area contributed by atoms with Crippen molar-refractivity contribution in [3.05, 3.63) is 256 Å². The maximum Gasteiger partial charge on any atom is 0.0464 e. The number of rotatable bonds is 11. The minimum atomic E-state index is 1.14. The van der Waals surface area contributed by atoms with E-state index in [4.69, 9.17) is 0 Å². The first-order valence-corrected chi connectivity index (χ1v) is 19.8. The molecule has 0 radical (unpaired) electrons. The molecule has 7 aromatic carbocycles. The SMILES string of the molecule is Cc1ccc(/C(=C/C=C/c2ccc(N(c3ccc(/C=C/C=C(c4ccccc4)c4ccccc4)cc3)c3ccc4c(c3)CCCC4)cc2)c2ccccc2)cc1. The number of anilines is 3. The lowest BCUT2D eigenvalue weighted by Gasteiger charge is -2.27. The Bertz CT molecular complexity index is 2430. The molecule has 0 unspecified atom stereocenters. The Morgan fingerprint density at radius 3 is 1.29 bits per heavy atom. The lowest BCUT2D eigenvalue weighted by atomic mass is 9.91. The number of hydrogen-bond acceptors (Lipinski definition) is 1. The van der Waals surface area contributed by atoms with Gasteiger partial charge in [-0.2, -0.15) is 0 Å². The predicted octanol–water partition coefficient (Wildman–Crippen LogP) is 14.6. The van der Waals surface area contributed by atoms with Gasteiger partial charge in [0.1, 0.15) is 0 Å². The van der Waals surface area contributed by atoms with Crippen LogP contribution >= 0.6 is 0 Å². The van der Waals surface area contributed by atoms with Gasteiger partial charge in [0, 0.05) is 17.1 Å². The summed E-state index contributed by atoms with van der Waals surface area (Å²) in [7, 11) is 0. The molecule has 1 aliphatic rings. The Kier molecular flexibility index (Phi) is 11.4. The van der Waals surface area contributed by atoms with Crippen molar-refractivity contribution in [2.45, 2.75) is 32.6 Å². The van der Waals surface area contributed by atoms with Crippen LogP contribution in [0.25, 0.3) is 23.3 Å². The summed E-state index contributed by atoms with van der Waals surface area (Å²) in [5.41, 5.74) is 17.3. The molecule has 0 amide bonds. The fraction of sp³-hybridized carbons (Fsp3) is 0.0909. The van der Waals surface area contributed by atoms with Crippen LogP contribution in [0, 0.1) is 6.92 Å². The number of nitrogens with zero attached hydrogens (tertiary/aromatic N) is 1. The third kappa shape index (κ3) is 8.81. The van der Waals surface area contributed by atoms with E-state index in [0.29, 0.717) is 0 Å². The van der Waals surface area contributed by atoms with E-state index in [1.165, 1.54) is 75.0 Å². The molecule has 7 aromatic rings. The lowest BCUT2D eigenvalue weighted by Crippen LogP contribution is -2.12. The summed E-state index contributed by atoms with van der Waals surface area (Å²) >= 11 is 0. The Morgan fingerprint density at radius 1 is 0.411 bits per heavy atom. The molecule has 1 aliphatic carbocycles. The van der Waals surface area contributed by atoms with Gasteiger partial charge >= 0.3 is 0 Å². The first kappa shape index (κ1) is 36.3. The largest absolute Gasteiger partial charge is 0.310 e. The van der Waals surface area contributed by atoms with Crippen LogP contribution in [0.1, 0.15) is 62.9 Å². The third-order valence-corrected chi connectivity index (χ3v) is 10.6. The molecule has 0 heterocycles. The van der Waals surface area contributed by atoms with Crippen molar-refractivity contribution < 1.29 is 0 Å². The van der Waals surface area contributed by atoms with Crippen LogP contribution in [0.3, 0.4) is 0 Å². The number of aryl methyl sites for hydroxylation is 3. The van der Waals surface area contributed by atoms with Crippen LogP contribution < -0.4 is 4.90 Å². The zero-order chi connectivity index (χ0) is 37.9. The number of hydrogen-bond donors (Lipinski definition) is 0. The summed E-state index contributed by atoms with van der Waals surface area (Å²) in [6, 6.07) is 65.5. The average Bonchev–Trinajstić information content (AvgIpc) is 3.26. The second-order valence-corrected chi connectivity index (χ2v) is 14.5. The highest BCUT2D eigenvalue weighted by molar-refractivity contribution is 5.83. The third-order valence-electron chi connectivity index (χ3n) is 10.6. The van der Waals surface area contributed by atoms with Gasteiger partial charge in [-0.15, -0.1) is 0 Å². The Balaban J connectivity index is 1.07. The molecule has 272 valence electrons. The minimum absolute atomic E-state index is 1.14. The second kappa shape index (κ2) is 17.6. The van der Waals surface area contributed by atoms with Gasteiger partial charge in [0.2, 0.25) is 0 Å². The highest BCUT2D eigenvalue weighted by Gasteiger charge is 2.16. The maximum absolute atomic E-state index is 2.41. The topological polar surface area (TPSA) is 3.24 Å². The molecular formula is C55H47N. The highest BCUT2D eigenvalue weighted by Crippen LogP contribution is 2.37. The maximum atomic E-state index is 2.41. The zero-order valence-corrected chi connectivity index (χ0v) is 32.1. The van der Waals surface area contributed by atoms with Crippen LogP contribution in [0.5, 0.6) is 0 Å². The molecule has 0 saturated carbocycles. The van der Waals surface area contributed by atoms with Crippen LogP contribution in [0.4, 0.5) is 17.1 Å². The molecule has 0 spiro atoms. The lowest BCUT2D eigenvalue weighted by molar-refractivity contribution is 0.685. The summed E-state index contributed by atoms with van der Waals surface area (Å²) in [6.07, 6.45) is 18.0. The van der Waals surface area contributed by atoms with E-state index >= 15 is 0 Å². The van der Waals surface area contributed by atoms with Crippen molar-refractivity contribution in [2.24, 2.45) is 0 Å². The van der Waals surface area contributed by atoms with E-state index in [-0.39, 0.29) is 0 Å². The fourth-order valence-electron chi connectivity index (χ4n) is 7.59. The van der Waals surface area contributed by atoms with Gasteiger partial charge < -0.3 is 4.90 Å². The van der Waals surface area contributed by atoms with Crippen LogP contribution in [-0.4, -0.2) is 0 Å². The van der Waals surface area contributed by atoms with Gasteiger partial charge in [0.05, 0.1) is 0 Å². The fourth-order valence-corrected chi connectivity index (χ4v) is 7.59. The van der Waals surface area contributed by atoms with Gasteiger partial charge in [-0.25, -0.2) is 0 Å². The molecule has 1 nitrogen and oxygen atoms in total. The van der Waals surface area contributed by atoms with Gasteiger partial charge in [-0.05, 0) is 125 Å². The van der Waals surface area contributed by atoms with E-state index in [1.807, 2.05) is 0 Å². The van der Waals surface area contributed by atoms with Crippen LogP contribution in [0.2, 0.25) is 0 Å². The Morgan fingerprint density at radius 2 is 0.821 bits per heavy atom. The molecular weight excluding hydrogens is 675 g/mol. The number of benzene rings is 7. The van der Waals surface area contributed by atoms with Crippen molar-refractivity contribution in [2.75, 3.05) is 4.90 Å². The van der Waals surface area contributed by atoms with E-state index in [9.17, 15) is 0 Å². The summed E-state index contributed by atoms with van der Waals surface area (Å²) < 4.78 is 0. The van der Waals surface area contributed by atoms with E-state index < -0.39 is 0 Å². The monoisotopic (exact) mass is 721 g/mol. The molecule has 0 fully saturated rings. The van der Waals surface area contributed by atoms with Crippen LogP contribution in [-0.2, 0) is 12.8 Å². The average molecular weight is 722 g/mol. The van der Waals surface area contributed by atoms with E-state index in [0.717, 1.165) is 28.9 Å². The van der Waals surface area contributed by atoms with Crippen molar-refractivity contribution in [3.8, 4) is 0 Å². The summed E-state index contributed by atoms with van der Waals surface area (Å²) in [4.78, 5) is 2.39. The molecule has 0 saturated heterocycles. The van der Waals surface area contributed by atoms with E-state index in [2.05, 4.69) is 230 Å². The predicted molar refractivity (Wildman–Crippen MR) is 240 cm³/mol. The quantitative estimate of drug-likeness (QED) is 0.120. The molecule has 0 atom stereocenters. The molecule has 1 heteroatoms. The smallest absolute Gasteiger partial charge is 0.0464 e. The number of allylic oxidation sites excluding steroid dienone is 4. The first-order valence-electron chi connectivity index (χ1n) is 19.8. The summed E-state index contributed by atoms with van der Waals surface area (Å²) in [5, 5.41) is 0. The molecule has 8 rings (SSSR count). The molecule has 0 aliphatic heterocycles. The minimum Gasteiger partial charge on any atom is -0.310 e. The normalized spacial score (nSPS) is 12.8. The first-order chi connectivity index (χ1) is 27.7.